The van der Waals surface area contributed by atoms with E-state index in [4.69, 9.17) is 18.0 Å². The number of anilines is 2. The molecule has 0 heterocycles. The normalized spacial score (nSPS) is 10.3. The van der Waals surface area contributed by atoms with Crippen molar-refractivity contribution in [3.8, 4) is 0 Å². The molecule has 0 unspecified atom stereocenters. The standard InChI is InChI=1S/C17H20N2S/c1-3-6-13-7-4-5-8-15(13)19-16-10-9-12(2)11-14(16)17(18)20/h4-5,7-11,19H,3,6H2,1-2H3,(H2,18,20). The summed E-state index contributed by atoms with van der Waals surface area (Å²) in [5.74, 6) is 0. The van der Waals surface area contributed by atoms with Crippen LogP contribution in [0.5, 0.6) is 0 Å². The van der Waals surface area contributed by atoms with Gasteiger partial charge < -0.3 is 11.1 Å². The number of hydrogen-bond acceptors (Lipinski definition) is 2. The SMILES string of the molecule is CCCc1ccccc1Nc1ccc(C)cc1C(N)=S. The van der Waals surface area contributed by atoms with Crippen molar-refractivity contribution in [3.63, 3.8) is 0 Å². The van der Waals surface area contributed by atoms with E-state index in [1.54, 1.807) is 0 Å². The van der Waals surface area contributed by atoms with E-state index < -0.39 is 0 Å². The van der Waals surface area contributed by atoms with Gasteiger partial charge in [-0.15, -0.1) is 0 Å². The van der Waals surface area contributed by atoms with Crippen LogP contribution in [-0.4, -0.2) is 4.99 Å². The predicted octanol–water partition coefficient (Wildman–Crippen LogP) is 4.33. The molecule has 2 aromatic rings. The highest BCUT2D eigenvalue weighted by Crippen LogP contribution is 2.25. The summed E-state index contributed by atoms with van der Waals surface area (Å²) in [6.45, 7) is 4.22. The molecule has 3 N–H and O–H groups in total. The molecule has 0 aliphatic heterocycles. The molecule has 0 fully saturated rings. The Bertz CT molecular complexity index is 620. The van der Waals surface area contributed by atoms with Gasteiger partial charge in [0.25, 0.3) is 0 Å². The number of para-hydroxylation sites is 1. The first-order valence-electron chi connectivity index (χ1n) is 6.87. The number of nitrogens with one attached hydrogen (secondary N) is 1. The molecule has 0 aliphatic carbocycles. The Balaban J connectivity index is 2.37. The number of hydrogen-bond donors (Lipinski definition) is 2. The third-order valence-electron chi connectivity index (χ3n) is 3.25. The number of nitrogens with two attached hydrogens (primary N) is 1. The van der Waals surface area contributed by atoms with Crippen LogP contribution in [0, 0.1) is 6.92 Å². The van der Waals surface area contributed by atoms with Gasteiger partial charge in [0.05, 0.1) is 0 Å². The molecule has 20 heavy (non-hydrogen) atoms. The smallest absolute Gasteiger partial charge is 0.106 e. The average molecular weight is 284 g/mol. The Morgan fingerprint density at radius 3 is 2.60 bits per heavy atom. The summed E-state index contributed by atoms with van der Waals surface area (Å²) in [6.07, 6.45) is 2.17. The Hall–Kier alpha value is -1.87. The Labute approximate surface area is 126 Å². The molecule has 2 nitrogen and oxygen atoms in total. The van der Waals surface area contributed by atoms with Crippen molar-refractivity contribution in [2.45, 2.75) is 26.7 Å². The van der Waals surface area contributed by atoms with Gasteiger partial charge in [-0.2, -0.15) is 0 Å². The number of rotatable bonds is 5. The molecule has 2 rings (SSSR count). The van der Waals surface area contributed by atoms with Crippen LogP contribution in [-0.2, 0) is 6.42 Å². The Morgan fingerprint density at radius 2 is 1.90 bits per heavy atom. The molecule has 0 aliphatic rings. The fourth-order valence-electron chi connectivity index (χ4n) is 2.25. The van der Waals surface area contributed by atoms with E-state index in [1.807, 2.05) is 25.1 Å². The lowest BCUT2D eigenvalue weighted by atomic mass is 10.1. The second-order valence-corrected chi connectivity index (χ2v) is 5.39. The monoisotopic (exact) mass is 284 g/mol. The largest absolute Gasteiger partial charge is 0.389 e. The van der Waals surface area contributed by atoms with Crippen LogP contribution in [0.3, 0.4) is 0 Å². The van der Waals surface area contributed by atoms with Crippen LogP contribution in [0.4, 0.5) is 11.4 Å². The van der Waals surface area contributed by atoms with E-state index in [-0.39, 0.29) is 0 Å². The maximum atomic E-state index is 5.83. The van der Waals surface area contributed by atoms with E-state index in [0.29, 0.717) is 4.99 Å². The second kappa shape index (κ2) is 6.53. The van der Waals surface area contributed by atoms with Gasteiger partial charge in [-0.25, -0.2) is 0 Å². The first kappa shape index (κ1) is 14.5. The van der Waals surface area contributed by atoms with E-state index >= 15 is 0 Å². The average Bonchev–Trinajstić information content (AvgIpc) is 2.43. The third-order valence-corrected chi connectivity index (χ3v) is 3.47. The molecule has 3 heteroatoms. The molecule has 0 saturated heterocycles. The lowest BCUT2D eigenvalue weighted by molar-refractivity contribution is 0.923. The van der Waals surface area contributed by atoms with Crippen LogP contribution < -0.4 is 11.1 Å². The molecule has 0 spiro atoms. The van der Waals surface area contributed by atoms with Crippen molar-refractivity contribution in [3.05, 3.63) is 59.2 Å². The highest BCUT2D eigenvalue weighted by atomic mass is 32.1. The van der Waals surface area contributed by atoms with Gasteiger partial charge in [0, 0.05) is 16.9 Å². The molecule has 0 bridgehead atoms. The zero-order chi connectivity index (χ0) is 14.5. The predicted molar refractivity (Wildman–Crippen MR) is 90.8 cm³/mol. The molecule has 2 aromatic carbocycles. The molecule has 0 saturated carbocycles. The fraction of sp³-hybridized carbons (Fsp3) is 0.235. The summed E-state index contributed by atoms with van der Waals surface area (Å²) in [4.78, 5) is 0.421. The number of thiocarbonyl (C=S) groups is 1. The van der Waals surface area contributed by atoms with Gasteiger partial charge in [-0.05, 0) is 37.1 Å². The molecule has 104 valence electrons. The van der Waals surface area contributed by atoms with Crippen LogP contribution in [0.2, 0.25) is 0 Å². The zero-order valence-corrected chi connectivity index (χ0v) is 12.8. The lowest BCUT2D eigenvalue weighted by Crippen LogP contribution is -2.12. The first-order chi connectivity index (χ1) is 9.61. The second-order valence-electron chi connectivity index (χ2n) is 4.95. The van der Waals surface area contributed by atoms with Gasteiger partial charge in [-0.1, -0.05) is 55.4 Å². The van der Waals surface area contributed by atoms with E-state index in [1.165, 1.54) is 5.56 Å². The summed E-state index contributed by atoms with van der Waals surface area (Å²) >= 11 is 5.15. The molecule has 0 atom stereocenters. The van der Waals surface area contributed by atoms with Crippen molar-refractivity contribution >= 4 is 28.6 Å². The summed E-state index contributed by atoms with van der Waals surface area (Å²) in [5, 5.41) is 3.47. The van der Waals surface area contributed by atoms with Gasteiger partial charge in [-0.3, -0.25) is 0 Å². The topological polar surface area (TPSA) is 38.0 Å². The van der Waals surface area contributed by atoms with Gasteiger partial charge in [0.1, 0.15) is 4.99 Å². The fourth-order valence-corrected chi connectivity index (χ4v) is 2.41. The maximum Gasteiger partial charge on any atom is 0.106 e. The number of aryl methyl sites for hydroxylation is 2. The van der Waals surface area contributed by atoms with Crippen molar-refractivity contribution in [2.24, 2.45) is 5.73 Å². The Kier molecular flexibility index (Phi) is 4.74. The number of benzene rings is 2. The minimum atomic E-state index is 0.421. The molecular weight excluding hydrogens is 264 g/mol. The Morgan fingerprint density at radius 1 is 1.15 bits per heavy atom. The maximum absolute atomic E-state index is 5.83. The quantitative estimate of drug-likeness (QED) is 0.803. The van der Waals surface area contributed by atoms with E-state index in [9.17, 15) is 0 Å². The van der Waals surface area contributed by atoms with Crippen molar-refractivity contribution in [1.82, 2.24) is 0 Å². The minimum Gasteiger partial charge on any atom is -0.389 e. The van der Waals surface area contributed by atoms with Crippen molar-refractivity contribution in [1.29, 1.82) is 0 Å². The summed E-state index contributed by atoms with van der Waals surface area (Å²) < 4.78 is 0. The highest BCUT2D eigenvalue weighted by molar-refractivity contribution is 7.80. The summed E-state index contributed by atoms with van der Waals surface area (Å²) in [7, 11) is 0. The highest BCUT2D eigenvalue weighted by Gasteiger charge is 2.08. The molecule has 0 aromatic heterocycles. The molecule has 0 radical (unpaired) electrons. The van der Waals surface area contributed by atoms with Crippen LogP contribution >= 0.6 is 12.2 Å². The molecular formula is C17H20N2S. The van der Waals surface area contributed by atoms with Gasteiger partial charge in [0.15, 0.2) is 0 Å². The van der Waals surface area contributed by atoms with Crippen LogP contribution in [0.1, 0.15) is 30.0 Å². The first-order valence-corrected chi connectivity index (χ1v) is 7.28. The van der Waals surface area contributed by atoms with Gasteiger partial charge in [0.2, 0.25) is 0 Å². The summed E-state index contributed by atoms with van der Waals surface area (Å²) in [6, 6.07) is 14.5. The van der Waals surface area contributed by atoms with Crippen LogP contribution in [0.25, 0.3) is 0 Å². The van der Waals surface area contributed by atoms with Crippen molar-refractivity contribution < 1.29 is 0 Å². The molecule has 0 amide bonds. The van der Waals surface area contributed by atoms with E-state index in [2.05, 4.69) is 36.5 Å². The van der Waals surface area contributed by atoms with Crippen LogP contribution in [0.15, 0.2) is 42.5 Å². The minimum absolute atomic E-state index is 0.421. The lowest BCUT2D eigenvalue weighted by Gasteiger charge is -2.15. The third kappa shape index (κ3) is 3.36. The summed E-state index contributed by atoms with van der Waals surface area (Å²) in [5.41, 5.74) is 11.3. The van der Waals surface area contributed by atoms with Crippen molar-refractivity contribution in [2.75, 3.05) is 5.32 Å². The van der Waals surface area contributed by atoms with Gasteiger partial charge >= 0.3 is 0 Å². The zero-order valence-electron chi connectivity index (χ0n) is 11.9. The van der Waals surface area contributed by atoms with E-state index in [0.717, 1.165) is 35.3 Å².